The molecule has 0 spiro atoms. The van der Waals surface area contributed by atoms with E-state index in [1.54, 1.807) is 4.90 Å². The van der Waals surface area contributed by atoms with Crippen LogP contribution in [-0.2, 0) is 24.3 Å². The van der Waals surface area contributed by atoms with E-state index in [4.69, 9.17) is 0 Å². The zero-order valence-corrected chi connectivity index (χ0v) is 18.3. The monoisotopic (exact) mass is 412 g/mol. The van der Waals surface area contributed by atoms with Crippen LogP contribution in [-0.4, -0.2) is 22.3 Å². The van der Waals surface area contributed by atoms with Crippen molar-refractivity contribution in [3.05, 3.63) is 106 Å². The van der Waals surface area contributed by atoms with Crippen LogP contribution >= 0.6 is 0 Å². The number of carbonyl (C=O) groups excluding carboxylic acids is 2. The zero-order chi connectivity index (χ0) is 22.0. The molecule has 3 aromatic carbocycles. The molecule has 0 unspecified atom stereocenters. The van der Waals surface area contributed by atoms with Crippen molar-refractivity contribution in [2.24, 2.45) is 0 Å². The Morgan fingerprint density at radius 3 is 2.39 bits per heavy atom. The van der Waals surface area contributed by atoms with Gasteiger partial charge in [-0.25, -0.2) is 0 Å². The van der Waals surface area contributed by atoms with Gasteiger partial charge in [-0.2, -0.15) is 0 Å². The number of nitrogens with one attached hydrogen (secondary N) is 1. The van der Waals surface area contributed by atoms with Crippen molar-refractivity contribution < 1.29 is 9.59 Å². The van der Waals surface area contributed by atoms with Crippen molar-refractivity contribution in [2.75, 3.05) is 0 Å². The van der Waals surface area contributed by atoms with E-state index in [0.29, 0.717) is 25.1 Å². The van der Waals surface area contributed by atoms with Gasteiger partial charge in [-0.1, -0.05) is 72.3 Å². The molecule has 31 heavy (non-hydrogen) atoms. The Morgan fingerprint density at radius 2 is 1.65 bits per heavy atom. The number of nitrogens with zero attached hydrogens (tertiary/aromatic N) is 1. The van der Waals surface area contributed by atoms with Crippen molar-refractivity contribution in [1.82, 2.24) is 10.2 Å². The zero-order valence-electron chi connectivity index (χ0n) is 18.3. The third-order valence-corrected chi connectivity index (χ3v) is 6.27. The second-order valence-electron chi connectivity index (χ2n) is 8.59. The first-order valence-electron chi connectivity index (χ1n) is 10.7. The molecule has 0 saturated carbocycles. The minimum absolute atomic E-state index is 0.101. The molecule has 1 atom stereocenters. The first kappa shape index (κ1) is 20.9. The number of amides is 2. The summed E-state index contributed by atoms with van der Waals surface area (Å²) in [7, 11) is 0. The summed E-state index contributed by atoms with van der Waals surface area (Å²) in [6.07, 6.45) is 0.486. The summed E-state index contributed by atoms with van der Waals surface area (Å²) in [5.74, 6) is -0.235. The molecule has 2 amide bonds. The van der Waals surface area contributed by atoms with Crippen LogP contribution in [0.15, 0.2) is 72.8 Å². The fourth-order valence-electron chi connectivity index (χ4n) is 4.22. The Hall–Kier alpha value is -3.40. The molecule has 0 radical (unpaired) electrons. The molecule has 4 rings (SSSR count). The van der Waals surface area contributed by atoms with Crippen LogP contribution in [0.5, 0.6) is 0 Å². The Kier molecular flexibility index (Phi) is 5.64. The predicted octanol–water partition coefficient (Wildman–Crippen LogP) is 4.58. The molecule has 0 bridgehead atoms. The lowest BCUT2D eigenvalue weighted by molar-refractivity contribution is -0.132. The van der Waals surface area contributed by atoms with Crippen molar-refractivity contribution >= 4 is 11.8 Å². The normalized spacial score (nSPS) is 17.9. The number of hydrogen-bond acceptors (Lipinski definition) is 2. The van der Waals surface area contributed by atoms with Crippen LogP contribution < -0.4 is 5.32 Å². The van der Waals surface area contributed by atoms with E-state index < -0.39 is 5.54 Å². The number of fused-ring (bicyclic) bond motifs is 1. The SMILES string of the molecule is Cc1ccc(CN2C(=O)c3ccccc3C[C@@]2(C)C(=O)NCc2ccccc2C)cc1. The van der Waals surface area contributed by atoms with E-state index in [1.165, 1.54) is 0 Å². The molecule has 0 saturated heterocycles. The summed E-state index contributed by atoms with van der Waals surface area (Å²) >= 11 is 0. The summed E-state index contributed by atoms with van der Waals surface area (Å²) in [4.78, 5) is 28.7. The second-order valence-corrected chi connectivity index (χ2v) is 8.59. The average molecular weight is 413 g/mol. The summed E-state index contributed by atoms with van der Waals surface area (Å²) in [5, 5.41) is 3.09. The smallest absolute Gasteiger partial charge is 0.255 e. The van der Waals surface area contributed by atoms with Gasteiger partial charge in [0.15, 0.2) is 0 Å². The summed E-state index contributed by atoms with van der Waals surface area (Å²) in [6, 6.07) is 23.7. The lowest BCUT2D eigenvalue weighted by Gasteiger charge is -2.44. The van der Waals surface area contributed by atoms with Gasteiger partial charge in [-0.05, 0) is 49.1 Å². The van der Waals surface area contributed by atoms with E-state index in [-0.39, 0.29) is 11.8 Å². The van der Waals surface area contributed by atoms with E-state index in [1.807, 2.05) is 93.6 Å². The molecule has 1 aliphatic rings. The maximum atomic E-state index is 13.5. The van der Waals surface area contributed by atoms with Crippen molar-refractivity contribution in [3.63, 3.8) is 0 Å². The fraction of sp³-hybridized carbons (Fsp3) is 0.259. The Balaban J connectivity index is 1.65. The van der Waals surface area contributed by atoms with Gasteiger partial charge in [0, 0.05) is 25.1 Å². The molecular weight excluding hydrogens is 384 g/mol. The highest BCUT2D eigenvalue weighted by atomic mass is 16.2. The number of benzene rings is 3. The maximum absolute atomic E-state index is 13.5. The topological polar surface area (TPSA) is 49.4 Å². The molecule has 1 heterocycles. The van der Waals surface area contributed by atoms with Gasteiger partial charge in [0.2, 0.25) is 5.91 Å². The highest BCUT2D eigenvalue weighted by Crippen LogP contribution is 2.33. The summed E-state index contributed by atoms with van der Waals surface area (Å²) in [6.45, 7) is 6.78. The van der Waals surface area contributed by atoms with Crippen LogP contribution in [0.1, 0.15) is 45.1 Å². The number of aryl methyl sites for hydroxylation is 2. The summed E-state index contributed by atoms with van der Waals surface area (Å²) < 4.78 is 0. The number of carbonyl (C=O) groups is 2. The van der Waals surface area contributed by atoms with Gasteiger partial charge in [0.1, 0.15) is 5.54 Å². The summed E-state index contributed by atoms with van der Waals surface area (Å²) in [5.41, 5.74) is 5.01. The maximum Gasteiger partial charge on any atom is 0.255 e. The number of rotatable bonds is 5. The Morgan fingerprint density at radius 1 is 0.968 bits per heavy atom. The highest BCUT2D eigenvalue weighted by Gasteiger charge is 2.46. The lowest BCUT2D eigenvalue weighted by atomic mass is 9.82. The van der Waals surface area contributed by atoms with Crippen LogP contribution in [0.4, 0.5) is 0 Å². The predicted molar refractivity (Wildman–Crippen MR) is 123 cm³/mol. The molecule has 0 aliphatic carbocycles. The minimum Gasteiger partial charge on any atom is -0.350 e. The fourth-order valence-corrected chi connectivity index (χ4v) is 4.22. The third-order valence-electron chi connectivity index (χ3n) is 6.27. The van der Waals surface area contributed by atoms with Crippen LogP contribution in [0.25, 0.3) is 0 Å². The minimum atomic E-state index is -0.973. The first-order valence-corrected chi connectivity index (χ1v) is 10.7. The van der Waals surface area contributed by atoms with Gasteiger partial charge in [0.25, 0.3) is 5.91 Å². The second kappa shape index (κ2) is 8.38. The quantitative estimate of drug-likeness (QED) is 0.667. The van der Waals surface area contributed by atoms with Gasteiger partial charge in [0.05, 0.1) is 0 Å². The average Bonchev–Trinajstić information content (AvgIpc) is 2.77. The molecule has 158 valence electrons. The Labute approximate surface area is 183 Å². The largest absolute Gasteiger partial charge is 0.350 e. The molecule has 0 aromatic heterocycles. The molecule has 0 fully saturated rings. The van der Waals surface area contributed by atoms with E-state index >= 15 is 0 Å². The first-order chi connectivity index (χ1) is 14.9. The van der Waals surface area contributed by atoms with E-state index in [0.717, 1.165) is 27.8 Å². The van der Waals surface area contributed by atoms with Gasteiger partial charge >= 0.3 is 0 Å². The standard InChI is InChI=1S/C27H28N2O2/c1-19-12-14-21(15-13-19)18-29-25(30)24-11-7-6-9-22(24)16-27(29,3)26(31)28-17-23-10-5-4-8-20(23)2/h4-15H,16-18H2,1-3H3,(H,28,31)/t27-/m0/s1. The van der Waals surface area contributed by atoms with Crippen molar-refractivity contribution in [3.8, 4) is 0 Å². The van der Waals surface area contributed by atoms with Crippen LogP contribution in [0.2, 0.25) is 0 Å². The molecule has 4 heteroatoms. The van der Waals surface area contributed by atoms with Gasteiger partial charge in [-0.15, -0.1) is 0 Å². The Bertz CT molecular complexity index is 1120. The molecule has 1 N–H and O–H groups in total. The highest BCUT2D eigenvalue weighted by molar-refractivity contribution is 6.02. The van der Waals surface area contributed by atoms with Crippen LogP contribution in [0.3, 0.4) is 0 Å². The number of hydrogen-bond donors (Lipinski definition) is 1. The lowest BCUT2D eigenvalue weighted by Crippen LogP contribution is -2.62. The van der Waals surface area contributed by atoms with Crippen molar-refractivity contribution in [1.29, 1.82) is 0 Å². The molecule has 4 nitrogen and oxygen atoms in total. The molecule has 1 aliphatic heterocycles. The van der Waals surface area contributed by atoms with Crippen molar-refractivity contribution in [2.45, 2.75) is 45.8 Å². The third kappa shape index (κ3) is 4.11. The van der Waals surface area contributed by atoms with E-state index in [9.17, 15) is 9.59 Å². The van der Waals surface area contributed by atoms with Gasteiger partial charge in [-0.3, -0.25) is 9.59 Å². The van der Waals surface area contributed by atoms with E-state index in [2.05, 4.69) is 5.32 Å². The van der Waals surface area contributed by atoms with Crippen LogP contribution in [0, 0.1) is 13.8 Å². The molecular formula is C27H28N2O2. The van der Waals surface area contributed by atoms with Gasteiger partial charge < -0.3 is 10.2 Å². The molecule has 3 aromatic rings.